The molecule has 21 nitrogen and oxygen atoms in total. The van der Waals surface area contributed by atoms with Crippen LogP contribution in [-0.2, 0) is 63.6 Å². The van der Waals surface area contributed by atoms with Crippen LogP contribution >= 0.6 is 0 Å². The molecule has 4 amide bonds. The van der Waals surface area contributed by atoms with Crippen molar-refractivity contribution in [3.63, 3.8) is 0 Å². The molecular weight excluding hydrogens is 1640 g/mol. The number of amides is 4. The van der Waals surface area contributed by atoms with Gasteiger partial charge in [0.2, 0.25) is 11.8 Å². The second-order valence-corrected chi connectivity index (χ2v) is 15.3. The van der Waals surface area contributed by atoms with Gasteiger partial charge in [-0.3, -0.25) is 24.4 Å². The van der Waals surface area contributed by atoms with Gasteiger partial charge in [0.1, 0.15) is 38.5 Å². The summed E-state index contributed by atoms with van der Waals surface area (Å²) in [6, 6.07) is 18.7. The molecule has 4 aromatic rings. The smallest absolute Gasteiger partial charge is 0.326 e. The molecule has 29 heteroatoms. The van der Waals surface area contributed by atoms with Gasteiger partial charge in [-0.1, -0.05) is 61.4 Å². The molecule has 0 aliphatic carbocycles. The number of unbranched alkanes of at least 4 members (excludes halogenated alkanes) is 5. The van der Waals surface area contributed by atoms with E-state index in [2.05, 4.69) is 26.6 Å². The number of nitrogens with one attached hydrogen (secondary N) is 5. The van der Waals surface area contributed by atoms with Crippen LogP contribution in [0.15, 0.2) is 72.8 Å². The Morgan fingerprint density at radius 1 is 0.442 bits per heavy atom. The molecule has 0 saturated carbocycles. The molecule has 0 fully saturated rings. The van der Waals surface area contributed by atoms with Crippen molar-refractivity contribution in [1.82, 2.24) is 36.6 Å². The molecule has 2 aromatic carbocycles. The monoisotopic (exact) mass is 1700 g/mol. The first kappa shape index (κ1) is 89.9. The second kappa shape index (κ2) is 54.3. The number of hydrogen-bond acceptors (Lipinski definition) is 13. The van der Waals surface area contributed by atoms with E-state index in [1.807, 2.05) is 93.2 Å². The van der Waals surface area contributed by atoms with E-state index in [-0.39, 0.29) is 196 Å². The number of hydrogen-bond donors (Lipinski definition) is 9. The third kappa shape index (κ3) is 37.0. The van der Waals surface area contributed by atoms with Crippen LogP contribution in [0.25, 0.3) is 21.8 Å². The van der Waals surface area contributed by atoms with Crippen molar-refractivity contribution >= 4 is 83.9 Å². The third-order valence-corrected chi connectivity index (χ3v) is 10.4. The zero-order valence-corrected chi connectivity index (χ0v) is 55.3. The Kier molecular flexibility index (Phi) is 63.4. The molecule has 0 aliphatic rings. The average Bonchev–Trinajstić information content (AvgIpc) is 3.35. The second-order valence-electron chi connectivity index (χ2n) is 15.3. The van der Waals surface area contributed by atoms with E-state index in [0.29, 0.717) is 57.9 Å². The maximum Gasteiger partial charge on any atom is 0.326 e. The Morgan fingerprint density at radius 3 is 1.26 bits per heavy atom. The standard InChI is InChI=1S/C45H57N7O11.3CH2O.7BrH.Re/c53-38(46-27-11-9-18-36(43(59)60)51-45(63)52-37(44(61)62)25-26-40(55)56)19-3-1-2-4-20-39(54)50-35(42(57)58)17-10-12-28-47-41(33-23-21-29-13-5-7-15-31(29)48-33)34-24-22-30-14-6-8-16-32(30)49-34;3*1-2;;;;;;;;/h5-8,13-16,21-24,35-37,41,47H,1-4,9-12,17-20,25-28H2,(H,46,53)(H,50,54)(H,55,56)(H,57,58)(H,59,60)(H,61,62)(H2,51,52,63);3*1H2;7*1H;/p-7. The molecule has 3 atom stereocenters. The van der Waals surface area contributed by atoms with Crippen LogP contribution in [0.5, 0.6) is 0 Å². The quantitative estimate of drug-likeness (QED) is 0.0228. The van der Waals surface area contributed by atoms with Gasteiger partial charge < -0.3 is 180 Å². The summed E-state index contributed by atoms with van der Waals surface area (Å²) in [6.07, 6.45) is 4.28. The molecule has 0 spiro atoms. The molecule has 0 saturated heterocycles. The van der Waals surface area contributed by atoms with Crippen molar-refractivity contribution in [2.75, 3.05) is 13.1 Å². The summed E-state index contributed by atoms with van der Waals surface area (Å²) >= 11 is 0. The Morgan fingerprint density at radius 2 is 0.831 bits per heavy atom. The van der Waals surface area contributed by atoms with Crippen LogP contribution in [0.3, 0.4) is 0 Å². The fraction of sp³-hybridized carbons (Fsp3) is 0.417. The van der Waals surface area contributed by atoms with Crippen LogP contribution in [0.2, 0.25) is 0 Å². The maximum absolute atomic E-state index is 12.6. The normalized spacial score (nSPS) is 10.5. The summed E-state index contributed by atoms with van der Waals surface area (Å²) in [5.74, 6) is -5.65. The first-order valence-electron chi connectivity index (χ1n) is 22.2. The summed E-state index contributed by atoms with van der Waals surface area (Å²) in [6.45, 7) is 6.85. The van der Waals surface area contributed by atoms with Gasteiger partial charge >= 0.3 is 29.9 Å². The minimum atomic E-state index is -1.50. The molecule has 1 radical (unpaired) electrons. The van der Waals surface area contributed by atoms with Gasteiger partial charge in [0.05, 0.1) is 28.5 Å². The molecule has 2 aromatic heterocycles. The molecule has 437 valence electrons. The SMILES string of the molecule is C=O.C=O.C=O.O=C(O)CCC(NC(=O)NC(CCCCNC(=O)CCCCCCC(=O)NC(CCCCNC(c1ccc2ccccc2n1)c1ccc2ccccc2n1)C(=O)O)C(=O)O)C(=O)O.[Br-].[Br-].[Br-].[Br-].[Br-].[Br-].[Br-].[Re]. The number of rotatable bonds is 29. The predicted molar refractivity (Wildman–Crippen MR) is 254 cm³/mol. The molecule has 77 heavy (non-hydrogen) atoms. The van der Waals surface area contributed by atoms with Gasteiger partial charge in [0.15, 0.2) is 0 Å². The van der Waals surface area contributed by atoms with Crippen LogP contribution < -0.4 is 145 Å². The van der Waals surface area contributed by atoms with E-state index < -0.39 is 54.5 Å². The minimum absolute atomic E-state index is 0. The van der Waals surface area contributed by atoms with E-state index in [0.717, 1.165) is 33.2 Å². The van der Waals surface area contributed by atoms with Crippen molar-refractivity contribution in [2.45, 2.75) is 114 Å². The Labute approximate surface area is 534 Å². The number of carboxylic acid groups (broad SMARTS) is 4. The summed E-state index contributed by atoms with van der Waals surface area (Å²) < 4.78 is 0. The van der Waals surface area contributed by atoms with E-state index >= 15 is 0 Å². The number of pyridine rings is 2. The van der Waals surface area contributed by atoms with Crippen molar-refractivity contribution in [2.24, 2.45) is 0 Å². The van der Waals surface area contributed by atoms with Gasteiger partial charge in [-0.2, -0.15) is 0 Å². The number of fused-ring (bicyclic) bond motifs is 2. The Balaban J connectivity index is -0.000000547. The number of nitrogens with zero attached hydrogens (tertiary/aromatic N) is 2. The van der Waals surface area contributed by atoms with Gasteiger partial charge in [0.25, 0.3) is 0 Å². The number of para-hydroxylation sites is 2. The number of carboxylic acids is 4. The predicted octanol–water partition coefficient (Wildman–Crippen LogP) is -16.6. The molecule has 0 bridgehead atoms. The number of aromatic nitrogens is 2. The van der Waals surface area contributed by atoms with E-state index in [9.17, 15) is 48.9 Å². The molecule has 2 heterocycles. The van der Waals surface area contributed by atoms with E-state index in [1.54, 1.807) is 0 Å². The molecule has 0 aliphatic heterocycles. The number of halogens is 7. The number of aliphatic carboxylic acids is 4. The summed E-state index contributed by atoms with van der Waals surface area (Å²) in [5.41, 5.74) is 3.40. The Bertz CT molecular complexity index is 2200. The minimum Gasteiger partial charge on any atom is -1.00 e. The first-order chi connectivity index (χ1) is 33.3. The molecular formula is C48H63Br7N7O14Re-7. The Hall–Kier alpha value is -3.66. The fourth-order valence-electron chi connectivity index (χ4n) is 6.94. The van der Waals surface area contributed by atoms with Crippen molar-refractivity contribution < 1.29 is 208 Å². The number of benzene rings is 2. The maximum atomic E-state index is 12.6. The largest absolute Gasteiger partial charge is 1.00 e. The first-order valence-corrected chi connectivity index (χ1v) is 22.2. The fourth-order valence-corrected chi connectivity index (χ4v) is 6.94. The number of urea groups is 1. The number of carbonyl (C=O) groups excluding carboxylic acids is 6. The van der Waals surface area contributed by atoms with Gasteiger partial charge in [0, 0.05) is 57.0 Å². The van der Waals surface area contributed by atoms with Crippen molar-refractivity contribution in [1.29, 1.82) is 0 Å². The van der Waals surface area contributed by atoms with Crippen molar-refractivity contribution in [3.8, 4) is 0 Å². The third-order valence-electron chi connectivity index (χ3n) is 10.4. The molecule has 9 N–H and O–H groups in total. The van der Waals surface area contributed by atoms with Gasteiger partial charge in [-0.15, -0.1) is 0 Å². The van der Waals surface area contributed by atoms with Crippen molar-refractivity contribution in [3.05, 3.63) is 84.2 Å². The van der Waals surface area contributed by atoms with Crippen LogP contribution in [0.4, 0.5) is 4.79 Å². The van der Waals surface area contributed by atoms with Crippen LogP contribution in [0, 0.1) is 0 Å². The van der Waals surface area contributed by atoms with Gasteiger partial charge in [-0.05, 0) is 88.6 Å². The molecule has 4 rings (SSSR count). The summed E-state index contributed by atoms with van der Waals surface area (Å²) in [7, 11) is 0. The summed E-state index contributed by atoms with van der Waals surface area (Å²) in [5, 5.41) is 52.5. The zero-order valence-electron chi connectivity index (χ0n) is 41.5. The topological polar surface area (TPSA) is 338 Å². The van der Waals surface area contributed by atoms with E-state index in [4.69, 9.17) is 29.5 Å². The summed E-state index contributed by atoms with van der Waals surface area (Å²) in [4.78, 5) is 116. The van der Waals surface area contributed by atoms with Crippen LogP contribution in [0.1, 0.15) is 107 Å². The zero-order chi connectivity index (χ0) is 51.6. The van der Waals surface area contributed by atoms with Gasteiger partial charge in [-0.25, -0.2) is 19.2 Å². The molecule has 3 unspecified atom stereocenters. The average molecular weight is 1710 g/mol. The number of carbonyl (C=O) groups is 10. The van der Waals surface area contributed by atoms with E-state index in [1.165, 1.54) is 0 Å². The van der Waals surface area contributed by atoms with Crippen LogP contribution in [-0.4, -0.2) is 124 Å².